The summed E-state index contributed by atoms with van der Waals surface area (Å²) >= 11 is 0. The van der Waals surface area contributed by atoms with E-state index in [0.29, 0.717) is 71.6 Å². The van der Waals surface area contributed by atoms with E-state index in [-0.39, 0.29) is 29.5 Å². The van der Waals surface area contributed by atoms with Crippen molar-refractivity contribution in [1.29, 1.82) is 0 Å². The van der Waals surface area contributed by atoms with E-state index in [9.17, 15) is 19.2 Å². The molecular weight excluding hydrogens is 1350 g/mol. The number of amides is 4. The van der Waals surface area contributed by atoms with Crippen molar-refractivity contribution in [2.75, 3.05) is 44.2 Å². The second kappa shape index (κ2) is 41.6. The Labute approximate surface area is 640 Å². The Morgan fingerprint density at radius 2 is 0.620 bits per heavy atom. The van der Waals surface area contributed by atoms with Crippen molar-refractivity contribution in [3.8, 4) is 45.0 Å². The largest absolute Gasteiger partial charge is 0.399 e. The molecule has 5 aliphatic carbocycles. The van der Waals surface area contributed by atoms with Gasteiger partial charge in [0.05, 0.1) is 70.3 Å². The molecule has 4 aromatic carbocycles. The van der Waals surface area contributed by atoms with Crippen molar-refractivity contribution in [3.05, 3.63) is 145 Å². The van der Waals surface area contributed by atoms with Crippen LogP contribution in [-0.4, -0.2) is 63.5 Å². The molecule has 5 saturated carbocycles. The lowest BCUT2D eigenvalue weighted by Gasteiger charge is -2.23. The average Bonchev–Trinajstić information content (AvgIpc) is 0.699. The molecule has 108 heavy (non-hydrogen) atoms. The third kappa shape index (κ3) is 25.7. The van der Waals surface area contributed by atoms with Crippen LogP contribution in [-0.2, 0) is 44.9 Å². The summed E-state index contributed by atoms with van der Waals surface area (Å²) in [6.45, 7) is 9.53. The minimum absolute atomic E-state index is 0.00410. The van der Waals surface area contributed by atoms with Crippen LogP contribution in [0.1, 0.15) is 237 Å². The summed E-state index contributed by atoms with van der Waals surface area (Å²) in [5.74, 6) is 5.75. The van der Waals surface area contributed by atoms with Gasteiger partial charge in [0.1, 0.15) is 0 Å². The quantitative estimate of drug-likeness (QED) is 0.0292. The van der Waals surface area contributed by atoms with Gasteiger partial charge in [0.15, 0.2) is 23.3 Å². The predicted octanol–water partition coefficient (Wildman–Crippen LogP) is 19.2. The number of nitrogen functional groups attached to an aromatic ring is 4. The van der Waals surface area contributed by atoms with Crippen molar-refractivity contribution in [2.45, 2.75) is 240 Å². The van der Waals surface area contributed by atoms with E-state index in [4.69, 9.17) is 42.9 Å². The summed E-state index contributed by atoms with van der Waals surface area (Å²) in [7, 11) is 0. The zero-order valence-electron chi connectivity index (χ0n) is 64.7. The van der Waals surface area contributed by atoms with Crippen LogP contribution in [0.4, 0.5) is 46.0 Å². The molecule has 5 fully saturated rings. The summed E-state index contributed by atoms with van der Waals surface area (Å²) in [4.78, 5) is 86.6. The van der Waals surface area contributed by atoms with Crippen LogP contribution in [0.5, 0.6) is 0 Å². The molecule has 574 valence electrons. The van der Waals surface area contributed by atoms with Gasteiger partial charge in [0.2, 0.25) is 23.6 Å². The van der Waals surface area contributed by atoms with E-state index in [0.717, 1.165) is 123 Å². The van der Waals surface area contributed by atoms with Crippen LogP contribution in [0.25, 0.3) is 45.0 Å². The highest BCUT2D eigenvalue weighted by Crippen LogP contribution is 2.36. The molecule has 0 radical (unpaired) electrons. The number of carbonyl (C=O) groups is 4. The first-order chi connectivity index (χ1) is 52.4. The lowest BCUT2D eigenvalue weighted by Crippen LogP contribution is -2.22. The maximum absolute atomic E-state index is 12.7. The van der Waals surface area contributed by atoms with Gasteiger partial charge < -0.3 is 44.2 Å². The topological polar surface area (TPSA) is 324 Å². The third-order valence-electron chi connectivity index (χ3n) is 21.9. The Balaban J connectivity index is 0.000000154. The summed E-state index contributed by atoms with van der Waals surface area (Å²) in [6.07, 6.45) is 43.9. The monoisotopic (exact) mass is 1460 g/mol. The van der Waals surface area contributed by atoms with Gasteiger partial charge in [-0.15, -0.1) is 0 Å². The third-order valence-corrected chi connectivity index (χ3v) is 21.9. The van der Waals surface area contributed by atoms with Crippen LogP contribution in [0.2, 0.25) is 0 Å². The number of hydrogen-bond donors (Lipinski definition) is 8. The van der Waals surface area contributed by atoms with Gasteiger partial charge in [-0.05, 0) is 129 Å². The predicted molar refractivity (Wildman–Crippen MR) is 439 cm³/mol. The van der Waals surface area contributed by atoms with Gasteiger partial charge in [0, 0.05) is 70.7 Å². The number of anilines is 8. The summed E-state index contributed by atoms with van der Waals surface area (Å²) in [6, 6.07) is 30.7. The van der Waals surface area contributed by atoms with Crippen LogP contribution < -0.4 is 44.2 Å². The SMILES string of the molecule is CC(=O)Nc1ncc(-c2ccc(N)cc2)nc1CC1CCCCC1.CC(C)CC(=O)Nc1ncc(-c2ccc(N)cc2)nc1CC1CCCCC1.CCC(C)C(=O)Nc1ncc(-c2ccc(N)cc2)nc1CC1CCCCC1.Nc1ccc(-c2cnc(NC(=O)CC3CCCCC3)c(CC3CCCCC3)n2)cc1. The first-order valence-corrected chi connectivity index (χ1v) is 40.4. The molecule has 0 saturated heterocycles. The molecule has 20 nitrogen and oxygen atoms in total. The highest BCUT2D eigenvalue weighted by molar-refractivity contribution is 5.93. The number of aromatic nitrogens is 8. The highest BCUT2D eigenvalue weighted by atomic mass is 16.2. The van der Waals surface area contributed by atoms with Gasteiger partial charge in [-0.1, -0.05) is 224 Å². The summed E-state index contributed by atoms with van der Waals surface area (Å²) in [5, 5.41) is 11.9. The van der Waals surface area contributed by atoms with E-state index < -0.39 is 0 Å². The molecular formula is C88H118N16O4. The fourth-order valence-corrected chi connectivity index (χ4v) is 15.5. The lowest BCUT2D eigenvalue weighted by atomic mass is 9.86. The minimum atomic E-state index is -0.116. The van der Waals surface area contributed by atoms with Crippen molar-refractivity contribution in [1.82, 2.24) is 39.9 Å². The Morgan fingerprint density at radius 1 is 0.361 bits per heavy atom. The molecule has 13 rings (SSSR count). The first-order valence-electron chi connectivity index (χ1n) is 40.4. The van der Waals surface area contributed by atoms with Crippen molar-refractivity contribution in [2.24, 2.45) is 41.4 Å². The standard InChI is InChI=1S/C25H34N4O.2C22H30N4O.C19H24N4O/c26-21-13-11-20(12-14-21)23-17-27-25(22(28-23)15-18-7-3-1-4-8-18)29-24(30)16-19-9-5-2-6-10-19;1-15(2)12-21(27)26-22-19(13-16-6-4-3-5-7-16)25-20(14-24-22)17-8-10-18(23)11-9-17;1-3-15(2)22(27)26-21-19(13-16-7-5-4-6-8-16)25-20(14-24-21)17-9-11-18(23)12-10-17;1-13(24)22-19-17(11-14-5-3-2-4-6-14)23-18(12-21-19)15-7-9-16(20)10-8-15/h11-14,17-19H,1-10,15-16,26H2,(H,27,29,30);8-11,14-16H,3-7,12-13,23H2,1-2H3,(H,24,26,27);9-12,14-16H,3-8,13,23H2,1-2H3,(H,24,26,27);7-10,12,14H,2-6,11,20H2,1H3,(H,21,22,24). The van der Waals surface area contributed by atoms with Gasteiger partial charge in [-0.3, -0.25) is 19.2 Å². The van der Waals surface area contributed by atoms with E-state index in [1.807, 2.05) is 125 Å². The van der Waals surface area contributed by atoms with Crippen LogP contribution in [0, 0.1) is 41.4 Å². The molecule has 4 amide bonds. The molecule has 0 aliphatic heterocycles. The number of carbonyl (C=O) groups excluding carboxylic acids is 4. The van der Waals surface area contributed by atoms with Crippen LogP contribution >= 0.6 is 0 Å². The Kier molecular flexibility index (Phi) is 31.1. The smallest absolute Gasteiger partial charge is 0.228 e. The van der Waals surface area contributed by atoms with Gasteiger partial charge in [-0.25, -0.2) is 39.9 Å². The molecule has 1 unspecified atom stereocenters. The maximum atomic E-state index is 12.7. The van der Waals surface area contributed by atoms with E-state index in [2.05, 4.69) is 41.2 Å². The normalized spacial score (nSPS) is 16.2. The minimum Gasteiger partial charge on any atom is -0.399 e. The molecule has 4 heterocycles. The summed E-state index contributed by atoms with van der Waals surface area (Å²) < 4.78 is 0. The zero-order chi connectivity index (χ0) is 76.2. The second-order valence-electron chi connectivity index (χ2n) is 31.4. The number of nitrogens with two attached hydrogens (primary N) is 4. The number of hydrogen-bond acceptors (Lipinski definition) is 16. The van der Waals surface area contributed by atoms with Crippen molar-refractivity contribution >= 4 is 69.6 Å². The number of rotatable bonds is 22. The molecule has 0 spiro atoms. The van der Waals surface area contributed by atoms with Crippen molar-refractivity contribution < 1.29 is 19.2 Å². The Hall–Kier alpha value is -9.72. The van der Waals surface area contributed by atoms with Gasteiger partial charge in [0.25, 0.3) is 0 Å². The fourth-order valence-electron chi connectivity index (χ4n) is 15.5. The Morgan fingerprint density at radius 3 is 0.889 bits per heavy atom. The lowest BCUT2D eigenvalue weighted by molar-refractivity contribution is -0.119. The zero-order valence-corrected chi connectivity index (χ0v) is 64.7. The van der Waals surface area contributed by atoms with E-state index in [1.165, 1.54) is 167 Å². The fraction of sp³-hybridized carbons (Fsp3) is 0.500. The molecule has 5 aliphatic rings. The summed E-state index contributed by atoms with van der Waals surface area (Å²) in [5.41, 5.74) is 36.9. The molecule has 20 heteroatoms. The second-order valence-corrected chi connectivity index (χ2v) is 31.4. The van der Waals surface area contributed by atoms with Crippen molar-refractivity contribution in [3.63, 3.8) is 0 Å². The molecule has 12 N–H and O–H groups in total. The highest BCUT2D eigenvalue weighted by Gasteiger charge is 2.26. The molecule has 8 aromatic rings. The van der Waals surface area contributed by atoms with Gasteiger partial charge >= 0.3 is 0 Å². The van der Waals surface area contributed by atoms with Crippen LogP contribution in [0.15, 0.2) is 122 Å². The average molecular weight is 1460 g/mol. The Bertz CT molecular complexity index is 4140. The van der Waals surface area contributed by atoms with Gasteiger partial charge in [-0.2, -0.15) is 0 Å². The maximum Gasteiger partial charge on any atom is 0.228 e. The first kappa shape index (κ1) is 80.8. The number of nitrogens with one attached hydrogen (secondary N) is 4. The number of benzene rings is 4. The van der Waals surface area contributed by atoms with E-state index >= 15 is 0 Å². The molecule has 0 bridgehead atoms. The van der Waals surface area contributed by atoms with E-state index in [1.54, 1.807) is 24.8 Å². The molecule has 1 atom stereocenters. The number of nitrogens with zero attached hydrogens (tertiary/aromatic N) is 8. The molecule has 4 aromatic heterocycles. The van der Waals surface area contributed by atoms with Crippen LogP contribution in [0.3, 0.4) is 0 Å².